The van der Waals surface area contributed by atoms with Crippen LogP contribution >= 0.6 is 0 Å². The fraction of sp³-hybridized carbons (Fsp3) is 0.200. The van der Waals surface area contributed by atoms with Crippen molar-refractivity contribution in [3.8, 4) is 0 Å². The molecule has 0 aliphatic rings. The molecule has 0 unspecified atom stereocenters. The molecule has 1 rings (SSSR count). The van der Waals surface area contributed by atoms with E-state index in [0.29, 0.717) is 6.61 Å². The van der Waals surface area contributed by atoms with Crippen LogP contribution in [0.15, 0.2) is 42.5 Å². The summed E-state index contributed by atoms with van der Waals surface area (Å²) in [6.45, 7) is 2.55. The van der Waals surface area contributed by atoms with Crippen molar-refractivity contribution < 1.29 is 4.84 Å². The van der Waals surface area contributed by atoms with Gasteiger partial charge in [0.05, 0.1) is 12.3 Å². The SMILES string of the molecule is CC=CCONc1ccccc1. The van der Waals surface area contributed by atoms with Crippen LogP contribution in [0, 0.1) is 0 Å². The molecule has 0 fully saturated rings. The standard InChI is InChI=1S/C10H13NO/c1-2-3-9-12-11-10-7-5-4-6-8-10/h2-8,11H,9H2,1H3. The highest BCUT2D eigenvalue weighted by atomic mass is 16.6. The van der Waals surface area contributed by atoms with Crippen molar-refractivity contribution in [2.75, 3.05) is 12.1 Å². The van der Waals surface area contributed by atoms with Gasteiger partial charge in [-0.3, -0.25) is 10.3 Å². The third-order valence-electron chi connectivity index (χ3n) is 1.38. The molecule has 0 amide bonds. The fourth-order valence-electron chi connectivity index (χ4n) is 0.776. The summed E-state index contributed by atoms with van der Waals surface area (Å²) in [4.78, 5) is 5.12. The molecule has 1 aromatic carbocycles. The number of allylic oxidation sites excluding steroid dienone is 1. The van der Waals surface area contributed by atoms with E-state index in [1.54, 1.807) is 0 Å². The summed E-state index contributed by atoms with van der Waals surface area (Å²) in [7, 11) is 0. The molecule has 0 aliphatic carbocycles. The molecule has 1 aromatic rings. The second kappa shape index (κ2) is 5.38. The molecular weight excluding hydrogens is 150 g/mol. The van der Waals surface area contributed by atoms with Gasteiger partial charge in [0, 0.05) is 0 Å². The van der Waals surface area contributed by atoms with Crippen LogP contribution < -0.4 is 5.48 Å². The van der Waals surface area contributed by atoms with Crippen LogP contribution in [0.3, 0.4) is 0 Å². The van der Waals surface area contributed by atoms with Gasteiger partial charge >= 0.3 is 0 Å². The van der Waals surface area contributed by atoms with Crippen LogP contribution in [0.2, 0.25) is 0 Å². The van der Waals surface area contributed by atoms with Gasteiger partial charge in [-0.25, -0.2) is 0 Å². The van der Waals surface area contributed by atoms with E-state index in [1.807, 2.05) is 49.4 Å². The highest BCUT2D eigenvalue weighted by molar-refractivity contribution is 5.39. The van der Waals surface area contributed by atoms with Gasteiger partial charge in [0.25, 0.3) is 0 Å². The maximum atomic E-state index is 5.12. The van der Waals surface area contributed by atoms with Crippen molar-refractivity contribution >= 4 is 5.69 Å². The predicted molar refractivity (Wildman–Crippen MR) is 50.8 cm³/mol. The van der Waals surface area contributed by atoms with E-state index in [0.717, 1.165) is 5.69 Å². The van der Waals surface area contributed by atoms with Gasteiger partial charge in [-0.2, -0.15) is 0 Å². The first-order valence-corrected chi connectivity index (χ1v) is 3.97. The quantitative estimate of drug-likeness (QED) is 0.418. The maximum absolute atomic E-state index is 5.12. The van der Waals surface area contributed by atoms with Crippen LogP contribution in [-0.4, -0.2) is 6.61 Å². The molecule has 0 aliphatic heterocycles. The minimum atomic E-state index is 0.589. The molecule has 0 aromatic heterocycles. The Hall–Kier alpha value is -1.28. The predicted octanol–water partition coefficient (Wildman–Crippen LogP) is 2.61. The van der Waals surface area contributed by atoms with E-state index in [-0.39, 0.29) is 0 Å². The van der Waals surface area contributed by atoms with E-state index in [9.17, 15) is 0 Å². The number of nitrogens with one attached hydrogen (secondary N) is 1. The normalized spacial score (nSPS) is 10.4. The summed E-state index contributed by atoms with van der Waals surface area (Å²) in [6.07, 6.45) is 3.89. The average molecular weight is 163 g/mol. The van der Waals surface area contributed by atoms with Crippen molar-refractivity contribution in [3.05, 3.63) is 42.5 Å². The Morgan fingerprint density at radius 2 is 2.08 bits per heavy atom. The molecule has 64 valence electrons. The molecule has 0 bridgehead atoms. The molecule has 0 spiro atoms. The van der Waals surface area contributed by atoms with Gasteiger partial charge in [-0.05, 0) is 19.1 Å². The molecule has 0 atom stereocenters. The zero-order valence-corrected chi connectivity index (χ0v) is 7.16. The van der Waals surface area contributed by atoms with E-state index in [2.05, 4.69) is 5.48 Å². The molecule has 1 N–H and O–H groups in total. The number of para-hydroxylation sites is 1. The van der Waals surface area contributed by atoms with Crippen molar-refractivity contribution in [1.29, 1.82) is 0 Å². The Kier molecular flexibility index (Phi) is 3.95. The van der Waals surface area contributed by atoms with Crippen molar-refractivity contribution in [2.45, 2.75) is 6.92 Å². The Labute approximate surface area is 72.8 Å². The summed E-state index contributed by atoms with van der Waals surface area (Å²) in [5.74, 6) is 0. The Bertz CT molecular complexity index is 231. The molecule has 2 heteroatoms. The van der Waals surface area contributed by atoms with Gasteiger partial charge in [-0.15, -0.1) is 0 Å². The Balaban J connectivity index is 2.24. The Morgan fingerprint density at radius 3 is 2.75 bits per heavy atom. The molecule has 0 saturated heterocycles. The van der Waals surface area contributed by atoms with Gasteiger partial charge in [0.15, 0.2) is 0 Å². The second-order valence-corrected chi connectivity index (χ2v) is 2.35. The zero-order valence-electron chi connectivity index (χ0n) is 7.16. The number of rotatable bonds is 4. The zero-order chi connectivity index (χ0) is 8.65. The number of hydrogen-bond acceptors (Lipinski definition) is 2. The first-order valence-electron chi connectivity index (χ1n) is 3.97. The smallest absolute Gasteiger partial charge is 0.0927 e. The fourth-order valence-corrected chi connectivity index (χ4v) is 0.776. The molecule has 2 nitrogen and oxygen atoms in total. The summed E-state index contributed by atoms with van der Waals surface area (Å²) in [6, 6.07) is 9.80. The van der Waals surface area contributed by atoms with E-state index in [1.165, 1.54) is 0 Å². The van der Waals surface area contributed by atoms with E-state index in [4.69, 9.17) is 4.84 Å². The van der Waals surface area contributed by atoms with Crippen molar-refractivity contribution in [1.82, 2.24) is 0 Å². The molecule has 0 radical (unpaired) electrons. The van der Waals surface area contributed by atoms with Crippen LogP contribution in [0.25, 0.3) is 0 Å². The molecular formula is C10H13NO. The number of hydrogen-bond donors (Lipinski definition) is 1. The first kappa shape index (κ1) is 8.81. The molecule has 0 saturated carbocycles. The monoisotopic (exact) mass is 163 g/mol. The highest BCUT2D eigenvalue weighted by Crippen LogP contribution is 2.03. The van der Waals surface area contributed by atoms with Crippen LogP contribution in [0.5, 0.6) is 0 Å². The number of benzene rings is 1. The van der Waals surface area contributed by atoms with Gasteiger partial charge in [0.2, 0.25) is 0 Å². The summed E-state index contributed by atoms with van der Waals surface area (Å²) < 4.78 is 0. The first-order chi connectivity index (χ1) is 5.93. The second-order valence-electron chi connectivity index (χ2n) is 2.35. The number of anilines is 1. The Morgan fingerprint density at radius 1 is 1.33 bits per heavy atom. The topological polar surface area (TPSA) is 21.3 Å². The van der Waals surface area contributed by atoms with Crippen LogP contribution in [0.4, 0.5) is 5.69 Å². The minimum absolute atomic E-state index is 0.589. The largest absolute Gasteiger partial charge is 0.272 e. The summed E-state index contributed by atoms with van der Waals surface area (Å²) in [5.41, 5.74) is 3.80. The lowest BCUT2D eigenvalue weighted by atomic mass is 10.3. The van der Waals surface area contributed by atoms with E-state index < -0.39 is 0 Å². The molecule has 12 heavy (non-hydrogen) atoms. The van der Waals surface area contributed by atoms with Crippen molar-refractivity contribution in [2.24, 2.45) is 0 Å². The lowest BCUT2D eigenvalue weighted by molar-refractivity contribution is 0.228. The summed E-state index contributed by atoms with van der Waals surface area (Å²) >= 11 is 0. The van der Waals surface area contributed by atoms with E-state index >= 15 is 0 Å². The van der Waals surface area contributed by atoms with Gasteiger partial charge < -0.3 is 0 Å². The third-order valence-corrected chi connectivity index (χ3v) is 1.38. The third kappa shape index (κ3) is 3.21. The average Bonchev–Trinajstić information content (AvgIpc) is 2.14. The van der Waals surface area contributed by atoms with Gasteiger partial charge in [0.1, 0.15) is 0 Å². The van der Waals surface area contributed by atoms with Crippen molar-refractivity contribution in [3.63, 3.8) is 0 Å². The summed E-state index contributed by atoms with van der Waals surface area (Å²) in [5, 5.41) is 0. The minimum Gasteiger partial charge on any atom is -0.272 e. The van der Waals surface area contributed by atoms with Gasteiger partial charge in [-0.1, -0.05) is 30.4 Å². The lowest BCUT2D eigenvalue weighted by Crippen LogP contribution is -2.00. The maximum Gasteiger partial charge on any atom is 0.0927 e. The van der Waals surface area contributed by atoms with Crippen LogP contribution in [-0.2, 0) is 4.84 Å². The lowest BCUT2D eigenvalue weighted by Gasteiger charge is -2.03. The van der Waals surface area contributed by atoms with Crippen LogP contribution in [0.1, 0.15) is 6.92 Å². The molecule has 0 heterocycles. The highest BCUT2D eigenvalue weighted by Gasteiger charge is 1.85.